The second-order valence-corrected chi connectivity index (χ2v) is 5.57. The number of nitrogens with zero attached hydrogens (tertiary/aromatic N) is 1. The second kappa shape index (κ2) is 7.95. The summed E-state index contributed by atoms with van der Waals surface area (Å²) in [4.78, 5) is 11.9. The first-order valence-corrected chi connectivity index (χ1v) is 6.93. The molecule has 1 aromatic heterocycles. The van der Waals surface area contributed by atoms with Crippen molar-refractivity contribution < 1.29 is 41.5 Å². The Morgan fingerprint density at radius 2 is 2.10 bits per heavy atom. The van der Waals surface area contributed by atoms with Gasteiger partial charge >= 0.3 is 0 Å². The predicted molar refractivity (Wildman–Crippen MR) is 78.4 cm³/mol. The number of benzene rings is 1. The van der Waals surface area contributed by atoms with Gasteiger partial charge in [0.15, 0.2) is 0 Å². The number of halogens is 4. The van der Waals surface area contributed by atoms with Crippen LogP contribution in [0.3, 0.4) is 0 Å². The third-order valence-electron chi connectivity index (χ3n) is 2.82. The molecule has 2 rings (SSSR count). The summed E-state index contributed by atoms with van der Waals surface area (Å²) in [5, 5.41) is -0.121. The smallest absolute Gasteiger partial charge is 0.256 e. The number of alkyl halides is 2. The molecule has 0 saturated heterocycles. The zero-order valence-electron chi connectivity index (χ0n) is 11.0. The number of hydrogen-bond donors (Lipinski definition) is 0. The molecule has 1 heterocycles. The van der Waals surface area contributed by atoms with Gasteiger partial charge in [-0.2, -0.15) is 23.7 Å². The number of aromatic nitrogens is 1. The molecule has 0 aliphatic rings. The van der Waals surface area contributed by atoms with Gasteiger partial charge in [0.2, 0.25) is 5.56 Å². The predicted octanol–water partition coefficient (Wildman–Crippen LogP) is 4.30. The van der Waals surface area contributed by atoms with Gasteiger partial charge < -0.3 is 4.57 Å². The van der Waals surface area contributed by atoms with Crippen LogP contribution in [0.5, 0.6) is 0 Å². The molecule has 2 nitrogen and oxygen atoms in total. The Morgan fingerprint density at radius 1 is 1.43 bits per heavy atom. The molecule has 0 N–H and O–H groups in total. The van der Waals surface area contributed by atoms with Crippen LogP contribution in [0.1, 0.15) is 5.56 Å². The standard InChI is InChI=1S/C14H10BrClF2NO.Y/c1-8-6-9(15)2-3-10(8)12-5-4-11(16)14(20)19(12)7-13(17)18;/h2-4,6,13H,7H2,1H3;/q-1;. The van der Waals surface area contributed by atoms with Crippen molar-refractivity contribution in [2.24, 2.45) is 0 Å². The maximum absolute atomic E-state index is 12.7. The topological polar surface area (TPSA) is 22.0 Å². The molecule has 109 valence electrons. The summed E-state index contributed by atoms with van der Waals surface area (Å²) in [5.74, 6) is 0. The van der Waals surface area contributed by atoms with Gasteiger partial charge in [0.25, 0.3) is 6.43 Å². The SMILES string of the molecule is Cc1cc(Br)ccc1-c1[c-]cc(Cl)c(=O)n1CC(F)F.[Y]. The van der Waals surface area contributed by atoms with Gasteiger partial charge in [-0.05, 0) is 0 Å². The van der Waals surface area contributed by atoms with Gasteiger partial charge in [0, 0.05) is 42.2 Å². The average molecular weight is 450 g/mol. The van der Waals surface area contributed by atoms with Crippen LogP contribution in [0.2, 0.25) is 5.02 Å². The molecular formula is C14H10BrClF2NOY-. The van der Waals surface area contributed by atoms with Gasteiger partial charge in [-0.15, -0.1) is 6.07 Å². The zero-order chi connectivity index (χ0) is 14.9. The Morgan fingerprint density at radius 3 is 2.67 bits per heavy atom. The van der Waals surface area contributed by atoms with Gasteiger partial charge in [-0.1, -0.05) is 51.8 Å². The first-order valence-electron chi connectivity index (χ1n) is 5.76. The van der Waals surface area contributed by atoms with Crippen LogP contribution in [0.25, 0.3) is 11.3 Å². The summed E-state index contributed by atoms with van der Waals surface area (Å²) in [6.07, 6.45) is -2.64. The van der Waals surface area contributed by atoms with Crippen molar-refractivity contribution in [3.05, 3.63) is 55.7 Å². The van der Waals surface area contributed by atoms with Crippen LogP contribution in [-0.2, 0) is 39.3 Å². The van der Waals surface area contributed by atoms with Gasteiger partial charge in [0.05, 0.1) is 6.54 Å². The first-order chi connectivity index (χ1) is 9.40. The number of hydrogen-bond acceptors (Lipinski definition) is 1. The molecule has 0 bridgehead atoms. The molecule has 1 aromatic carbocycles. The Bertz CT molecular complexity index is 706. The van der Waals surface area contributed by atoms with Crippen LogP contribution in [0, 0.1) is 13.0 Å². The van der Waals surface area contributed by atoms with Crippen molar-refractivity contribution in [2.45, 2.75) is 19.9 Å². The van der Waals surface area contributed by atoms with E-state index in [1.165, 1.54) is 6.07 Å². The normalized spacial score (nSPS) is 10.6. The summed E-state index contributed by atoms with van der Waals surface area (Å²) < 4.78 is 27.2. The second-order valence-electron chi connectivity index (χ2n) is 4.25. The Labute approximate surface area is 159 Å². The monoisotopic (exact) mass is 449 g/mol. The average Bonchev–Trinajstić information content (AvgIpc) is 2.36. The van der Waals surface area contributed by atoms with Crippen LogP contribution in [0.4, 0.5) is 8.78 Å². The molecule has 0 saturated carbocycles. The summed E-state index contributed by atoms with van der Waals surface area (Å²) in [6, 6.07) is 9.49. The molecule has 0 fully saturated rings. The summed E-state index contributed by atoms with van der Waals surface area (Å²) in [6.45, 7) is 1.13. The zero-order valence-corrected chi connectivity index (χ0v) is 16.2. The number of pyridine rings is 1. The minimum atomic E-state index is -2.64. The largest absolute Gasteiger partial charge is 0.335 e. The van der Waals surface area contributed by atoms with Crippen LogP contribution < -0.4 is 5.56 Å². The minimum Gasteiger partial charge on any atom is -0.335 e. The van der Waals surface area contributed by atoms with Crippen molar-refractivity contribution in [3.63, 3.8) is 0 Å². The quantitative estimate of drug-likeness (QED) is 0.639. The van der Waals surface area contributed by atoms with E-state index in [0.717, 1.165) is 14.6 Å². The van der Waals surface area contributed by atoms with E-state index in [0.29, 0.717) is 11.3 Å². The summed E-state index contributed by atoms with van der Waals surface area (Å²) >= 11 is 9.04. The molecule has 0 spiro atoms. The third kappa shape index (κ3) is 4.44. The summed E-state index contributed by atoms with van der Waals surface area (Å²) in [7, 11) is 0. The fourth-order valence-electron chi connectivity index (χ4n) is 1.93. The molecule has 0 aliphatic carbocycles. The Kier molecular flexibility index (Phi) is 7.18. The van der Waals surface area contributed by atoms with E-state index < -0.39 is 18.5 Å². The number of rotatable bonds is 3. The number of aryl methyl sites for hydroxylation is 1. The Hall–Kier alpha value is -0.0961. The van der Waals surface area contributed by atoms with Crippen LogP contribution in [-0.4, -0.2) is 11.0 Å². The van der Waals surface area contributed by atoms with E-state index in [4.69, 9.17) is 11.6 Å². The molecule has 7 heteroatoms. The third-order valence-corrected chi connectivity index (χ3v) is 3.58. The van der Waals surface area contributed by atoms with Crippen molar-refractivity contribution >= 4 is 27.5 Å². The molecule has 1 radical (unpaired) electrons. The van der Waals surface area contributed by atoms with Crippen molar-refractivity contribution in [1.82, 2.24) is 4.57 Å². The van der Waals surface area contributed by atoms with Crippen molar-refractivity contribution in [3.8, 4) is 11.3 Å². The Balaban J connectivity index is 0.00000220. The first kappa shape index (κ1) is 19.0. The van der Waals surface area contributed by atoms with E-state index in [-0.39, 0.29) is 37.7 Å². The van der Waals surface area contributed by atoms with Crippen LogP contribution >= 0.6 is 27.5 Å². The van der Waals surface area contributed by atoms with E-state index >= 15 is 0 Å². The maximum atomic E-state index is 12.7. The molecular weight excluding hydrogens is 440 g/mol. The van der Waals surface area contributed by atoms with Crippen LogP contribution in [0.15, 0.2) is 33.5 Å². The van der Waals surface area contributed by atoms with Gasteiger partial charge in [-0.3, -0.25) is 4.79 Å². The molecule has 2 aromatic rings. The van der Waals surface area contributed by atoms with Crippen molar-refractivity contribution in [2.75, 3.05) is 0 Å². The molecule has 0 unspecified atom stereocenters. The summed E-state index contributed by atoms with van der Waals surface area (Å²) in [5.41, 5.74) is 1.19. The minimum absolute atomic E-state index is 0. The van der Waals surface area contributed by atoms with Crippen molar-refractivity contribution in [1.29, 1.82) is 0 Å². The van der Waals surface area contributed by atoms with E-state index in [1.54, 1.807) is 12.1 Å². The fourth-order valence-corrected chi connectivity index (χ4v) is 2.56. The van der Waals surface area contributed by atoms with E-state index in [2.05, 4.69) is 22.0 Å². The van der Waals surface area contributed by atoms with Gasteiger partial charge in [0.1, 0.15) is 0 Å². The maximum Gasteiger partial charge on any atom is 0.256 e. The van der Waals surface area contributed by atoms with Gasteiger partial charge in [-0.25, -0.2) is 8.78 Å². The van der Waals surface area contributed by atoms with E-state index in [1.807, 2.05) is 13.0 Å². The molecule has 21 heavy (non-hydrogen) atoms. The fraction of sp³-hybridized carbons (Fsp3) is 0.214. The molecule has 0 aliphatic heterocycles. The molecule has 0 amide bonds. The molecule has 0 atom stereocenters. The van der Waals surface area contributed by atoms with E-state index in [9.17, 15) is 13.6 Å².